The third-order valence-corrected chi connectivity index (χ3v) is 5.28. The van der Waals surface area contributed by atoms with E-state index in [0.717, 1.165) is 50.9 Å². The molecule has 2 aliphatic rings. The van der Waals surface area contributed by atoms with Crippen LogP contribution in [0, 0.1) is 5.82 Å². The first-order valence-corrected chi connectivity index (χ1v) is 10.5. The summed E-state index contributed by atoms with van der Waals surface area (Å²) in [7, 11) is 1.74. The number of halogens is 1. The zero-order valence-corrected chi connectivity index (χ0v) is 17.8. The zero-order valence-electron chi connectivity index (χ0n) is 17.8. The van der Waals surface area contributed by atoms with Gasteiger partial charge in [-0.1, -0.05) is 6.07 Å². The summed E-state index contributed by atoms with van der Waals surface area (Å²) in [6.45, 7) is 11.3. The highest BCUT2D eigenvalue weighted by atomic mass is 19.1. The molecule has 2 N–H and O–H groups in total. The molecule has 0 radical (unpaired) electrons. The lowest BCUT2D eigenvalue weighted by Gasteiger charge is -2.37. The first-order valence-electron chi connectivity index (χ1n) is 10.5. The van der Waals surface area contributed by atoms with Crippen LogP contribution in [-0.4, -0.2) is 82.6 Å². The van der Waals surface area contributed by atoms with Gasteiger partial charge in [0.1, 0.15) is 5.82 Å². The van der Waals surface area contributed by atoms with Crippen molar-refractivity contribution < 1.29 is 13.9 Å². The van der Waals surface area contributed by atoms with Crippen molar-refractivity contribution in [3.8, 4) is 0 Å². The highest BCUT2D eigenvalue weighted by molar-refractivity contribution is 5.79. The Morgan fingerprint density at radius 1 is 1.17 bits per heavy atom. The molecule has 0 spiro atoms. The van der Waals surface area contributed by atoms with Gasteiger partial charge in [0.05, 0.1) is 31.1 Å². The van der Waals surface area contributed by atoms with Gasteiger partial charge in [-0.25, -0.2) is 4.39 Å². The van der Waals surface area contributed by atoms with Crippen molar-refractivity contribution in [3.63, 3.8) is 0 Å². The molecule has 2 unspecified atom stereocenters. The van der Waals surface area contributed by atoms with Crippen molar-refractivity contribution in [1.29, 1.82) is 0 Å². The summed E-state index contributed by atoms with van der Waals surface area (Å²) in [6, 6.07) is 5.44. The van der Waals surface area contributed by atoms with Crippen LogP contribution in [0.25, 0.3) is 0 Å². The van der Waals surface area contributed by atoms with Crippen LogP contribution < -0.4 is 15.5 Å². The largest absolute Gasteiger partial charge is 0.379 e. The first-order chi connectivity index (χ1) is 14.0. The molecule has 2 fully saturated rings. The predicted octanol–water partition coefficient (Wildman–Crippen LogP) is 1.44. The SMILES string of the molecule is CN=C(NCCN1CCOCC1)NCc1ccc(N2CC(C)OC(C)C2)c(F)c1. The Hall–Kier alpha value is -1.90. The molecule has 2 heterocycles. The Kier molecular flexibility index (Phi) is 8.09. The van der Waals surface area contributed by atoms with E-state index >= 15 is 0 Å². The predicted molar refractivity (Wildman–Crippen MR) is 114 cm³/mol. The molecule has 2 aliphatic heterocycles. The van der Waals surface area contributed by atoms with E-state index < -0.39 is 0 Å². The van der Waals surface area contributed by atoms with Gasteiger partial charge in [0, 0.05) is 52.9 Å². The molecule has 0 aliphatic carbocycles. The Morgan fingerprint density at radius 3 is 2.55 bits per heavy atom. The average molecular weight is 408 g/mol. The monoisotopic (exact) mass is 407 g/mol. The molecule has 0 aromatic heterocycles. The molecule has 2 saturated heterocycles. The number of hydrogen-bond donors (Lipinski definition) is 2. The van der Waals surface area contributed by atoms with Gasteiger partial charge < -0.3 is 25.0 Å². The summed E-state index contributed by atoms with van der Waals surface area (Å²) < 4.78 is 25.8. The number of ether oxygens (including phenoxy) is 2. The van der Waals surface area contributed by atoms with Crippen molar-refractivity contribution in [2.24, 2.45) is 4.99 Å². The van der Waals surface area contributed by atoms with Crippen LogP contribution in [-0.2, 0) is 16.0 Å². The smallest absolute Gasteiger partial charge is 0.191 e. The maximum Gasteiger partial charge on any atom is 0.191 e. The molecule has 8 heteroatoms. The third kappa shape index (κ3) is 6.55. The van der Waals surface area contributed by atoms with Gasteiger partial charge in [-0.2, -0.15) is 0 Å². The number of hydrogen-bond acceptors (Lipinski definition) is 5. The number of morpholine rings is 2. The number of benzene rings is 1. The van der Waals surface area contributed by atoms with Gasteiger partial charge in [0.25, 0.3) is 0 Å². The van der Waals surface area contributed by atoms with Crippen molar-refractivity contribution in [2.45, 2.75) is 32.6 Å². The topological polar surface area (TPSA) is 61.4 Å². The molecule has 0 saturated carbocycles. The quantitative estimate of drug-likeness (QED) is 0.550. The fourth-order valence-corrected chi connectivity index (χ4v) is 3.85. The molecular weight excluding hydrogens is 373 g/mol. The molecule has 3 rings (SSSR count). The summed E-state index contributed by atoms with van der Waals surface area (Å²) in [5, 5.41) is 6.57. The van der Waals surface area contributed by atoms with Gasteiger partial charge >= 0.3 is 0 Å². The normalized spacial score (nSPS) is 23.9. The molecule has 29 heavy (non-hydrogen) atoms. The van der Waals surface area contributed by atoms with Crippen LogP contribution in [0.3, 0.4) is 0 Å². The lowest BCUT2D eigenvalue weighted by molar-refractivity contribution is -0.00539. The molecule has 1 aromatic rings. The van der Waals surface area contributed by atoms with Crippen LogP contribution in [0.15, 0.2) is 23.2 Å². The Morgan fingerprint density at radius 2 is 1.90 bits per heavy atom. The highest BCUT2D eigenvalue weighted by Crippen LogP contribution is 2.24. The number of rotatable bonds is 6. The van der Waals surface area contributed by atoms with Crippen LogP contribution >= 0.6 is 0 Å². The fourth-order valence-electron chi connectivity index (χ4n) is 3.85. The van der Waals surface area contributed by atoms with E-state index in [1.54, 1.807) is 13.1 Å². The van der Waals surface area contributed by atoms with Crippen LogP contribution in [0.4, 0.5) is 10.1 Å². The molecule has 0 amide bonds. The van der Waals surface area contributed by atoms with Gasteiger partial charge in [0.15, 0.2) is 5.96 Å². The van der Waals surface area contributed by atoms with Gasteiger partial charge in [-0.05, 0) is 31.5 Å². The number of anilines is 1. The highest BCUT2D eigenvalue weighted by Gasteiger charge is 2.24. The van der Waals surface area contributed by atoms with Crippen LogP contribution in [0.5, 0.6) is 0 Å². The van der Waals surface area contributed by atoms with E-state index in [4.69, 9.17) is 9.47 Å². The Labute approximate surface area is 173 Å². The summed E-state index contributed by atoms with van der Waals surface area (Å²) in [4.78, 5) is 8.68. The van der Waals surface area contributed by atoms with Crippen molar-refractivity contribution in [1.82, 2.24) is 15.5 Å². The lowest BCUT2D eigenvalue weighted by Crippen LogP contribution is -2.45. The molecule has 2 atom stereocenters. The van der Waals surface area contributed by atoms with Crippen molar-refractivity contribution >= 4 is 11.6 Å². The average Bonchev–Trinajstić information content (AvgIpc) is 2.70. The fraction of sp³-hybridized carbons (Fsp3) is 0.667. The molecule has 0 bridgehead atoms. The lowest BCUT2D eigenvalue weighted by atomic mass is 10.1. The number of guanidine groups is 1. The van der Waals surface area contributed by atoms with Gasteiger partial charge in [0.2, 0.25) is 0 Å². The van der Waals surface area contributed by atoms with E-state index in [9.17, 15) is 4.39 Å². The van der Waals surface area contributed by atoms with Crippen LogP contribution in [0.1, 0.15) is 19.4 Å². The standard InChI is InChI=1S/C21H34FN5O2/c1-16-14-27(15-17(2)29-16)20-5-4-18(12-19(20)22)13-25-21(23-3)24-6-7-26-8-10-28-11-9-26/h4-5,12,16-17H,6-11,13-15H2,1-3H3,(H2,23,24,25). The summed E-state index contributed by atoms with van der Waals surface area (Å²) in [5.74, 6) is 0.527. The second-order valence-electron chi connectivity index (χ2n) is 7.75. The van der Waals surface area contributed by atoms with E-state index in [1.807, 2.05) is 26.0 Å². The minimum absolute atomic E-state index is 0.103. The number of nitrogens with zero attached hydrogens (tertiary/aromatic N) is 3. The maximum atomic E-state index is 14.7. The van der Waals surface area contributed by atoms with Gasteiger partial charge in [-0.15, -0.1) is 0 Å². The number of nitrogens with one attached hydrogen (secondary N) is 2. The van der Waals surface area contributed by atoms with Crippen LogP contribution in [0.2, 0.25) is 0 Å². The molecule has 1 aromatic carbocycles. The van der Waals surface area contributed by atoms with E-state index in [-0.39, 0.29) is 18.0 Å². The van der Waals surface area contributed by atoms with E-state index in [1.165, 1.54) is 0 Å². The summed E-state index contributed by atoms with van der Waals surface area (Å²) in [5.41, 5.74) is 1.53. The second kappa shape index (κ2) is 10.8. The number of aliphatic imine (C=N–C) groups is 1. The van der Waals surface area contributed by atoms with Crippen molar-refractivity contribution in [2.75, 3.05) is 64.4 Å². The second-order valence-corrected chi connectivity index (χ2v) is 7.75. The molecule has 7 nitrogen and oxygen atoms in total. The minimum atomic E-state index is -0.194. The van der Waals surface area contributed by atoms with Gasteiger partial charge in [-0.3, -0.25) is 9.89 Å². The zero-order chi connectivity index (χ0) is 20.6. The molecular formula is C21H34FN5O2. The third-order valence-electron chi connectivity index (χ3n) is 5.28. The Bertz CT molecular complexity index is 671. The maximum absolute atomic E-state index is 14.7. The van der Waals surface area contributed by atoms with Crippen molar-refractivity contribution in [3.05, 3.63) is 29.6 Å². The summed E-state index contributed by atoms with van der Waals surface area (Å²) in [6.07, 6.45) is 0.206. The van der Waals surface area contributed by atoms with E-state index in [0.29, 0.717) is 25.3 Å². The Balaban J connectivity index is 1.47. The summed E-state index contributed by atoms with van der Waals surface area (Å²) >= 11 is 0. The molecule has 162 valence electrons. The van der Waals surface area contributed by atoms with E-state index in [2.05, 4.69) is 25.4 Å². The first kappa shape index (κ1) is 21.8. The minimum Gasteiger partial charge on any atom is -0.379 e.